The summed E-state index contributed by atoms with van der Waals surface area (Å²) < 4.78 is 1.72. The average Bonchev–Trinajstić information content (AvgIpc) is 3.80. The monoisotopic (exact) mass is 758 g/mol. The highest BCUT2D eigenvalue weighted by Crippen LogP contribution is 2.33. The quantitative estimate of drug-likeness (QED) is 0.196. The highest BCUT2D eigenvalue weighted by atomic mass is 16.2. The van der Waals surface area contributed by atoms with Crippen molar-refractivity contribution in [2.24, 2.45) is 0 Å². The summed E-state index contributed by atoms with van der Waals surface area (Å²) in [4.78, 5) is 109. The molecule has 3 fully saturated rings. The normalized spacial score (nSPS) is 18.9. The van der Waals surface area contributed by atoms with Crippen molar-refractivity contribution in [3.05, 3.63) is 92.4 Å². The van der Waals surface area contributed by atoms with Crippen LogP contribution >= 0.6 is 0 Å². The molecule has 15 nitrogen and oxygen atoms in total. The number of pyridine rings is 2. The van der Waals surface area contributed by atoms with Crippen LogP contribution in [0.2, 0.25) is 0 Å². The van der Waals surface area contributed by atoms with E-state index in [-0.39, 0.29) is 65.7 Å². The number of hydrogen-bond donors (Lipinski definition) is 1. The van der Waals surface area contributed by atoms with Crippen LogP contribution in [0.25, 0.3) is 11.0 Å². The van der Waals surface area contributed by atoms with Gasteiger partial charge in [-0.2, -0.15) is 0 Å². The van der Waals surface area contributed by atoms with Crippen LogP contribution in [0.5, 0.6) is 0 Å². The molecule has 1 aliphatic carbocycles. The van der Waals surface area contributed by atoms with Crippen LogP contribution in [0.4, 0.5) is 5.69 Å². The highest BCUT2D eigenvalue weighted by Gasteiger charge is 2.45. The maximum Gasteiger partial charge on any atom is 0.263 e. The molecule has 4 aliphatic rings. The van der Waals surface area contributed by atoms with Gasteiger partial charge in [-0.3, -0.25) is 53.3 Å². The summed E-state index contributed by atoms with van der Waals surface area (Å²) in [5.74, 6) is -2.02. The maximum atomic E-state index is 13.6. The molecule has 288 valence electrons. The minimum atomic E-state index is -1.05. The van der Waals surface area contributed by atoms with E-state index in [0.717, 1.165) is 42.0 Å². The van der Waals surface area contributed by atoms with Gasteiger partial charge in [-0.1, -0.05) is 25.0 Å². The van der Waals surface area contributed by atoms with Crippen LogP contribution in [0.1, 0.15) is 112 Å². The number of piperidine rings is 1. The number of anilines is 1. The number of amides is 5. The molecule has 1 saturated carbocycles. The van der Waals surface area contributed by atoms with Crippen LogP contribution in [-0.2, 0) is 27.2 Å². The number of imide groups is 2. The van der Waals surface area contributed by atoms with Gasteiger partial charge in [-0.15, -0.1) is 0 Å². The zero-order valence-corrected chi connectivity index (χ0v) is 31.4. The number of Topliss-reactive ketones (excluding diaryl/α,β-unsaturated/α-hetero) is 1. The number of piperazine rings is 1. The smallest absolute Gasteiger partial charge is 0.263 e. The second-order valence-electron chi connectivity index (χ2n) is 15.0. The minimum Gasteiger partial charge on any atom is -0.367 e. The fourth-order valence-corrected chi connectivity index (χ4v) is 8.65. The summed E-state index contributed by atoms with van der Waals surface area (Å²) in [5, 5.41) is 2.92. The molecule has 1 aromatic carbocycles. The third-order valence-corrected chi connectivity index (χ3v) is 11.6. The van der Waals surface area contributed by atoms with Gasteiger partial charge in [0.25, 0.3) is 17.4 Å². The Hall–Kier alpha value is -6.12. The van der Waals surface area contributed by atoms with Crippen molar-refractivity contribution in [3.63, 3.8) is 0 Å². The fourth-order valence-electron chi connectivity index (χ4n) is 8.65. The van der Waals surface area contributed by atoms with Crippen molar-refractivity contribution in [2.75, 3.05) is 31.1 Å². The predicted molar refractivity (Wildman–Crippen MR) is 203 cm³/mol. The minimum absolute atomic E-state index is 0.00160. The Morgan fingerprint density at radius 1 is 0.893 bits per heavy atom. The number of rotatable bonds is 9. The molecule has 2 saturated heterocycles. The molecule has 0 bridgehead atoms. The molecule has 15 heteroatoms. The van der Waals surface area contributed by atoms with Crippen molar-refractivity contribution in [2.45, 2.75) is 83.7 Å². The zero-order chi connectivity index (χ0) is 39.2. The second kappa shape index (κ2) is 14.8. The third-order valence-electron chi connectivity index (χ3n) is 11.6. The van der Waals surface area contributed by atoms with Crippen LogP contribution in [0.3, 0.4) is 0 Å². The van der Waals surface area contributed by atoms with Crippen molar-refractivity contribution in [1.29, 1.82) is 0 Å². The summed E-state index contributed by atoms with van der Waals surface area (Å²) in [7, 11) is 0. The summed E-state index contributed by atoms with van der Waals surface area (Å²) in [6, 6.07) is 7.83. The molecule has 3 aliphatic heterocycles. The first-order chi connectivity index (χ1) is 27.0. The average molecular weight is 759 g/mol. The van der Waals surface area contributed by atoms with Gasteiger partial charge in [0.2, 0.25) is 17.7 Å². The lowest BCUT2D eigenvalue weighted by molar-refractivity contribution is -0.136. The van der Waals surface area contributed by atoms with Crippen molar-refractivity contribution in [1.82, 2.24) is 34.6 Å². The van der Waals surface area contributed by atoms with Gasteiger partial charge in [0, 0.05) is 62.3 Å². The number of aromatic nitrogens is 4. The highest BCUT2D eigenvalue weighted by molar-refractivity contribution is 6.24. The number of carbonyl (C=O) groups is 6. The first-order valence-electron chi connectivity index (χ1n) is 19.2. The van der Waals surface area contributed by atoms with E-state index in [4.69, 9.17) is 9.97 Å². The molecule has 1 atom stereocenters. The molecular weight excluding hydrogens is 716 g/mol. The standard InChI is InChI=1S/C41H42N8O7/c1-23-30-22-43-32(44-37(30)48(27-7-3-4-8-27)40(55)35(23)24(2)50)20-26-11-12-28(21-42-26)46-16-18-47(19-17-46)34(52)15-10-25-6-5-9-29-36(25)41(56)49(39(29)54)31-13-14-33(51)45-38(31)53/h5-6,9,11-12,21-22,27,31H,3-4,7-8,10,13-20H2,1-2H3,(H,45,51,53). The second-order valence-corrected chi connectivity index (χ2v) is 15.0. The summed E-state index contributed by atoms with van der Waals surface area (Å²) >= 11 is 0. The van der Waals surface area contributed by atoms with Gasteiger partial charge in [0.15, 0.2) is 5.78 Å². The van der Waals surface area contributed by atoms with E-state index < -0.39 is 29.7 Å². The number of aryl methyl sites for hydroxylation is 2. The Morgan fingerprint density at radius 3 is 2.36 bits per heavy atom. The Balaban J connectivity index is 0.886. The van der Waals surface area contributed by atoms with Gasteiger partial charge in [-0.25, -0.2) is 9.97 Å². The number of nitrogens with zero attached hydrogens (tertiary/aromatic N) is 7. The molecule has 6 heterocycles. The van der Waals surface area contributed by atoms with E-state index in [1.165, 1.54) is 6.92 Å². The fraction of sp³-hybridized carbons (Fsp3) is 0.415. The first kappa shape index (κ1) is 36.8. The molecule has 0 spiro atoms. The summed E-state index contributed by atoms with van der Waals surface area (Å²) in [5.41, 5.74) is 3.77. The maximum absolute atomic E-state index is 13.6. The van der Waals surface area contributed by atoms with E-state index >= 15 is 0 Å². The number of benzene rings is 1. The van der Waals surface area contributed by atoms with Gasteiger partial charge in [-0.05, 0) is 68.9 Å². The number of hydrogen-bond acceptors (Lipinski definition) is 11. The SMILES string of the molecule is CC(=O)c1c(C)c2cnc(Cc3ccc(N4CCN(C(=O)CCc5cccc6c5C(=O)N(C5CCC(=O)NC5=O)C6=O)CC4)cn3)nc2n(C2CCCC2)c1=O. The lowest BCUT2D eigenvalue weighted by Gasteiger charge is -2.36. The molecule has 8 rings (SSSR count). The third kappa shape index (κ3) is 6.64. The van der Waals surface area contributed by atoms with Crippen LogP contribution in [0, 0.1) is 6.92 Å². The van der Waals surface area contributed by atoms with Crippen molar-refractivity contribution in [3.8, 4) is 0 Å². The predicted octanol–water partition coefficient (Wildman–Crippen LogP) is 3.09. The molecule has 3 aromatic heterocycles. The zero-order valence-electron chi connectivity index (χ0n) is 31.4. The number of ketones is 1. The Morgan fingerprint density at radius 2 is 1.66 bits per heavy atom. The number of carbonyl (C=O) groups excluding carboxylic acids is 6. The molecule has 56 heavy (non-hydrogen) atoms. The van der Waals surface area contributed by atoms with Crippen LogP contribution in [-0.4, -0.2) is 96.9 Å². The molecular formula is C41H42N8O7. The van der Waals surface area contributed by atoms with Crippen LogP contribution in [0.15, 0.2) is 47.5 Å². The topological polar surface area (TPSA) is 185 Å². The molecule has 1 N–H and O–H groups in total. The first-order valence-corrected chi connectivity index (χ1v) is 19.2. The molecule has 1 unspecified atom stereocenters. The van der Waals surface area contributed by atoms with Gasteiger partial charge in [0.1, 0.15) is 17.5 Å². The van der Waals surface area contributed by atoms with E-state index in [0.29, 0.717) is 60.6 Å². The number of fused-ring (bicyclic) bond motifs is 2. The largest absolute Gasteiger partial charge is 0.367 e. The van der Waals surface area contributed by atoms with E-state index in [9.17, 15) is 33.6 Å². The Kier molecular flexibility index (Phi) is 9.77. The lowest BCUT2D eigenvalue weighted by atomic mass is 9.98. The van der Waals surface area contributed by atoms with E-state index in [2.05, 4.69) is 15.2 Å². The van der Waals surface area contributed by atoms with Crippen LogP contribution < -0.4 is 15.8 Å². The lowest BCUT2D eigenvalue weighted by Crippen LogP contribution is -2.54. The van der Waals surface area contributed by atoms with E-state index in [1.807, 2.05) is 12.1 Å². The molecule has 4 aromatic rings. The molecule has 0 radical (unpaired) electrons. The van der Waals surface area contributed by atoms with E-state index in [1.54, 1.807) is 47.0 Å². The van der Waals surface area contributed by atoms with Gasteiger partial charge >= 0.3 is 0 Å². The van der Waals surface area contributed by atoms with Gasteiger partial charge in [0.05, 0.1) is 35.0 Å². The summed E-state index contributed by atoms with van der Waals surface area (Å²) in [6.45, 7) is 5.43. The van der Waals surface area contributed by atoms with Crippen molar-refractivity contribution >= 4 is 52.0 Å². The summed E-state index contributed by atoms with van der Waals surface area (Å²) in [6.07, 6.45) is 8.20. The Labute approximate surface area is 322 Å². The van der Waals surface area contributed by atoms with Crippen molar-refractivity contribution < 1.29 is 28.8 Å². The Bertz CT molecular complexity index is 2380. The number of nitrogens with one attached hydrogen (secondary N) is 1. The van der Waals surface area contributed by atoms with Gasteiger partial charge < -0.3 is 9.80 Å². The molecule has 5 amide bonds.